The molecule has 2 nitrogen and oxygen atoms in total. The lowest BCUT2D eigenvalue weighted by atomic mass is 9.70. The average molecular weight is 852 g/mol. The van der Waals surface area contributed by atoms with E-state index in [9.17, 15) is 0 Å². The van der Waals surface area contributed by atoms with E-state index in [4.69, 9.17) is 4.42 Å². The van der Waals surface area contributed by atoms with E-state index in [2.05, 4.69) is 248 Å². The van der Waals surface area contributed by atoms with Crippen LogP contribution in [-0.4, -0.2) is 0 Å². The fourth-order valence-corrected chi connectivity index (χ4v) is 11.6. The van der Waals surface area contributed by atoms with Gasteiger partial charge in [-0.05, 0) is 120 Å². The minimum absolute atomic E-state index is 0.392. The smallest absolute Gasteiger partial charge is 0.143 e. The normalized spacial score (nSPS) is 12.9. The molecule has 2 aliphatic carbocycles. The van der Waals surface area contributed by atoms with Gasteiger partial charge in [0.2, 0.25) is 0 Å². The van der Waals surface area contributed by atoms with Crippen molar-refractivity contribution in [2.45, 2.75) is 5.41 Å². The summed E-state index contributed by atoms with van der Waals surface area (Å²) in [7, 11) is 0. The molecular formula is C65H41NO. The average Bonchev–Trinajstić information content (AvgIpc) is 4.03. The van der Waals surface area contributed by atoms with E-state index in [1.54, 1.807) is 0 Å². The fraction of sp³-hybridized carbons (Fsp3) is 0.0154. The van der Waals surface area contributed by atoms with Crippen molar-refractivity contribution < 1.29 is 4.42 Å². The highest BCUT2D eigenvalue weighted by atomic mass is 16.3. The number of anilines is 3. The van der Waals surface area contributed by atoms with Crippen molar-refractivity contribution in [3.8, 4) is 55.6 Å². The molecule has 14 rings (SSSR count). The van der Waals surface area contributed by atoms with Gasteiger partial charge in [0.1, 0.15) is 11.2 Å². The second-order valence-electron chi connectivity index (χ2n) is 17.9. The Morgan fingerprint density at radius 3 is 1.48 bits per heavy atom. The van der Waals surface area contributed by atoms with Gasteiger partial charge in [-0.15, -0.1) is 0 Å². The molecule has 1 aromatic heterocycles. The molecule has 0 N–H and O–H groups in total. The Morgan fingerprint density at radius 1 is 0.299 bits per heavy atom. The molecule has 2 heteroatoms. The van der Waals surface area contributed by atoms with E-state index < -0.39 is 5.41 Å². The molecule has 2 aliphatic rings. The highest BCUT2D eigenvalue weighted by molar-refractivity contribution is 6.11. The third-order valence-corrected chi connectivity index (χ3v) is 14.5. The van der Waals surface area contributed by atoms with Crippen LogP contribution >= 0.6 is 0 Å². The van der Waals surface area contributed by atoms with Gasteiger partial charge in [-0.2, -0.15) is 0 Å². The van der Waals surface area contributed by atoms with Crippen LogP contribution in [0, 0.1) is 0 Å². The summed E-state index contributed by atoms with van der Waals surface area (Å²) in [5, 5.41) is 4.72. The molecule has 0 bridgehead atoms. The summed E-state index contributed by atoms with van der Waals surface area (Å²) in [6.07, 6.45) is 0. The Morgan fingerprint density at radius 2 is 0.776 bits per heavy atom. The van der Waals surface area contributed by atoms with Crippen LogP contribution in [-0.2, 0) is 5.41 Å². The Hall–Kier alpha value is -8.72. The summed E-state index contributed by atoms with van der Waals surface area (Å²) in [5.41, 5.74) is 22.2. The summed E-state index contributed by atoms with van der Waals surface area (Å²) < 4.78 is 6.66. The lowest BCUT2D eigenvalue weighted by molar-refractivity contribution is 0.670. The molecule has 11 aromatic carbocycles. The van der Waals surface area contributed by atoms with Gasteiger partial charge in [0, 0.05) is 33.3 Å². The van der Waals surface area contributed by atoms with Gasteiger partial charge in [0.25, 0.3) is 0 Å². The number of benzene rings is 11. The first-order valence-electron chi connectivity index (χ1n) is 23.2. The van der Waals surface area contributed by atoms with Crippen molar-refractivity contribution in [2.24, 2.45) is 0 Å². The van der Waals surface area contributed by atoms with Gasteiger partial charge < -0.3 is 9.32 Å². The second-order valence-corrected chi connectivity index (χ2v) is 17.9. The highest BCUT2D eigenvalue weighted by Crippen LogP contribution is 2.63. The Kier molecular flexibility index (Phi) is 8.23. The minimum Gasteiger partial charge on any atom is -0.455 e. The van der Waals surface area contributed by atoms with Crippen molar-refractivity contribution in [1.82, 2.24) is 0 Å². The van der Waals surface area contributed by atoms with Crippen LogP contribution < -0.4 is 4.90 Å². The largest absolute Gasteiger partial charge is 0.455 e. The molecule has 0 radical (unpaired) electrons. The van der Waals surface area contributed by atoms with Gasteiger partial charge >= 0.3 is 0 Å². The SMILES string of the molecule is c1ccc(N(c2ccc(-c3ccc4c(c3)C3(c5ccccc5-c5ccccc53)c3ccccc3-4)cc2)c2ccc(-c3cccc4ccccc34)cc2)c(-c2cccc3c2oc2ccccc23)c1. The molecule has 12 aromatic rings. The molecular weight excluding hydrogens is 811 g/mol. The Bertz CT molecular complexity index is 3860. The van der Waals surface area contributed by atoms with Crippen molar-refractivity contribution in [3.05, 3.63) is 271 Å². The molecule has 312 valence electrons. The number of furan rings is 1. The van der Waals surface area contributed by atoms with E-state index in [1.807, 2.05) is 6.07 Å². The van der Waals surface area contributed by atoms with E-state index in [-0.39, 0.29) is 0 Å². The molecule has 0 atom stereocenters. The molecule has 0 saturated heterocycles. The molecule has 1 heterocycles. The first kappa shape index (κ1) is 37.6. The van der Waals surface area contributed by atoms with Crippen molar-refractivity contribution in [2.75, 3.05) is 4.90 Å². The van der Waals surface area contributed by atoms with Gasteiger partial charge in [0.05, 0.1) is 11.1 Å². The van der Waals surface area contributed by atoms with Crippen LogP contribution in [0.5, 0.6) is 0 Å². The maximum atomic E-state index is 6.66. The van der Waals surface area contributed by atoms with Crippen LogP contribution in [0.4, 0.5) is 17.1 Å². The summed E-state index contributed by atoms with van der Waals surface area (Å²) in [6.45, 7) is 0. The molecule has 67 heavy (non-hydrogen) atoms. The standard InChI is InChI=1S/C65H41NO/c1-2-17-48-43(15-1)16-13-23-49(48)44-33-38-47(39-34-44)66(62-29-11-6-21-54(62)56-24-14-25-57-55-22-7-12-30-63(55)67-64(56)57)46-36-31-42(32-37-46)45-35-40-53-52-20-5-10-28-60(52)65(61(53)41-45)58-26-8-3-18-50(58)51-19-4-9-27-59(51)65/h1-41H. The van der Waals surface area contributed by atoms with Gasteiger partial charge in [-0.25, -0.2) is 0 Å². The molecule has 0 fully saturated rings. The summed E-state index contributed by atoms with van der Waals surface area (Å²) in [6, 6.07) is 91.1. The van der Waals surface area contributed by atoms with Crippen molar-refractivity contribution >= 4 is 49.8 Å². The Labute approximate surface area is 389 Å². The van der Waals surface area contributed by atoms with Gasteiger partial charge in [-0.1, -0.05) is 206 Å². The molecule has 0 aliphatic heterocycles. The highest BCUT2D eigenvalue weighted by Gasteiger charge is 2.51. The van der Waals surface area contributed by atoms with Crippen LogP contribution in [0.2, 0.25) is 0 Å². The molecule has 0 unspecified atom stereocenters. The fourth-order valence-electron chi connectivity index (χ4n) is 11.6. The third kappa shape index (κ3) is 5.51. The number of fused-ring (bicyclic) bond motifs is 14. The first-order chi connectivity index (χ1) is 33.2. The number of para-hydroxylation sites is 3. The monoisotopic (exact) mass is 851 g/mol. The lowest BCUT2D eigenvalue weighted by Crippen LogP contribution is -2.25. The summed E-state index contributed by atoms with van der Waals surface area (Å²) in [5.74, 6) is 0. The van der Waals surface area contributed by atoms with Crippen molar-refractivity contribution in [1.29, 1.82) is 0 Å². The number of hydrogen-bond acceptors (Lipinski definition) is 2. The Balaban J connectivity index is 0.920. The summed E-state index contributed by atoms with van der Waals surface area (Å²) >= 11 is 0. The zero-order valence-electron chi connectivity index (χ0n) is 36.5. The van der Waals surface area contributed by atoms with E-state index in [0.29, 0.717) is 0 Å². The first-order valence-corrected chi connectivity index (χ1v) is 23.2. The van der Waals surface area contributed by atoms with Crippen LogP contribution in [0.15, 0.2) is 253 Å². The zero-order chi connectivity index (χ0) is 44.1. The number of hydrogen-bond donors (Lipinski definition) is 0. The zero-order valence-corrected chi connectivity index (χ0v) is 36.5. The topological polar surface area (TPSA) is 16.4 Å². The predicted octanol–water partition coefficient (Wildman–Crippen LogP) is 17.6. The van der Waals surface area contributed by atoms with E-state index in [1.165, 1.54) is 77.5 Å². The molecule has 1 spiro atoms. The summed E-state index contributed by atoms with van der Waals surface area (Å²) in [4.78, 5) is 2.40. The quantitative estimate of drug-likeness (QED) is 0.166. The van der Waals surface area contributed by atoms with E-state index in [0.717, 1.165) is 50.1 Å². The number of nitrogens with zero attached hydrogens (tertiary/aromatic N) is 1. The van der Waals surface area contributed by atoms with Crippen LogP contribution in [0.1, 0.15) is 22.3 Å². The number of rotatable bonds is 6. The molecule has 0 saturated carbocycles. The van der Waals surface area contributed by atoms with Crippen LogP contribution in [0.3, 0.4) is 0 Å². The predicted molar refractivity (Wildman–Crippen MR) is 279 cm³/mol. The van der Waals surface area contributed by atoms with Crippen LogP contribution in [0.25, 0.3) is 88.3 Å². The second kappa shape index (κ2) is 14.7. The van der Waals surface area contributed by atoms with Gasteiger partial charge in [-0.3, -0.25) is 0 Å². The maximum absolute atomic E-state index is 6.66. The molecule has 0 amide bonds. The third-order valence-electron chi connectivity index (χ3n) is 14.5. The maximum Gasteiger partial charge on any atom is 0.143 e. The van der Waals surface area contributed by atoms with Crippen molar-refractivity contribution in [3.63, 3.8) is 0 Å². The minimum atomic E-state index is -0.392. The van der Waals surface area contributed by atoms with Gasteiger partial charge in [0.15, 0.2) is 0 Å². The lowest BCUT2D eigenvalue weighted by Gasteiger charge is -2.30. The van der Waals surface area contributed by atoms with E-state index >= 15 is 0 Å².